The molecule has 6 heteroatoms. The van der Waals surface area contributed by atoms with Crippen LogP contribution in [-0.2, 0) is 0 Å². The van der Waals surface area contributed by atoms with Gasteiger partial charge in [-0.15, -0.1) is 0 Å². The van der Waals surface area contributed by atoms with E-state index in [9.17, 15) is 14.4 Å². The number of carbonyl (C=O) groups excluding carboxylic acids is 1. The van der Waals surface area contributed by atoms with E-state index in [1.54, 1.807) is 30.3 Å². The SMILES string of the molecule is NC(=O)c1c[nH]c(=O)n(-c2ccccc2)c1=O. The zero-order chi connectivity index (χ0) is 12.4. The Labute approximate surface area is 95.3 Å². The number of nitrogens with two attached hydrogens (primary N) is 1. The van der Waals surface area contributed by atoms with Crippen LogP contribution >= 0.6 is 0 Å². The first-order valence-corrected chi connectivity index (χ1v) is 4.81. The lowest BCUT2D eigenvalue weighted by atomic mass is 10.3. The van der Waals surface area contributed by atoms with Gasteiger partial charge in [-0.05, 0) is 12.1 Å². The fourth-order valence-electron chi connectivity index (χ4n) is 1.46. The van der Waals surface area contributed by atoms with Crippen molar-refractivity contribution in [2.24, 2.45) is 5.73 Å². The summed E-state index contributed by atoms with van der Waals surface area (Å²) >= 11 is 0. The van der Waals surface area contributed by atoms with Crippen molar-refractivity contribution in [1.29, 1.82) is 0 Å². The molecule has 0 fully saturated rings. The van der Waals surface area contributed by atoms with Crippen LogP contribution in [0.5, 0.6) is 0 Å². The van der Waals surface area contributed by atoms with Gasteiger partial charge in [-0.1, -0.05) is 18.2 Å². The summed E-state index contributed by atoms with van der Waals surface area (Å²) in [5.74, 6) is -0.879. The van der Waals surface area contributed by atoms with Crippen LogP contribution in [0.15, 0.2) is 46.1 Å². The number of nitrogens with zero attached hydrogens (tertiary/aromatic N) is 1. The number of primary amides is 1. The molecule has 0 atom stereocenters. The van der Waals surface area contributed by atoms with E-state index in [1.165, 1.54) is 0 Å². The number of amides is 1. The lowest BCUT2D eigenvalue weighted by Crippen LogP contribution is -2.38. The lowest BCUT2D eigenvalue weighted by Gasteiger charge is -2.04. The van der Waals surface area contributed by atoms with E-state index >= 15 is 0 Å². The summed E-state index contributed by atoms with van der Waals surface area (Å²) < 4.78 is 0.861. The van der Waals surface area contributed by atoms with E-state index in [1.807, 2.05) is 0 Å². The lowest BCUT2D eigenvalue weighted by molar-refractivity contribution is 0.0998. The summed E-state index contributed by atoms with van der Waals surface area (Å²) in [6, 6.07) is 8.28. The summed E-state index contributed by atoms with van der Waals surface area (Å²) in [6.07, 6.45) is 1.02. The van der Waals surface area contributed by atoms with Gasteiger partial charge in [-0.25, -0.2) is 9.36 Å². The van der Waals surface area contributed by atoms with Crippen molar-refractivity contribution in [2.45, 2.75) is 0 Å². The van der Waals surface area contributed by atoms with Gasteiger partial charge in [-0.3, -0.25) is 9.59 Å². The number of aromatic amines is 1. The van der Waals surface area contributed by atoms with Gasteiger partial charge in [0.2, 0.25) is 0 Å². The summed E-state index contributed by atoms with van der Waals surface area (Å²) in [5.41, 5.74) is 3.81. The molecule has 6 nitrogen and oxygen atoms in total. The quantitative estimate of drug-likeness (QED) is 0.737. The Morgan fingerprint density at radius 2 is 1.82 bits per heavy atom. The topological polar surface area (TPSA) is 97.9 Å². The van der Waals surface area contributed by atoms with Crippen LogP contribution in [0, 0.1) is 0 Å². The van der Waals surface area contributed by atoms with E-state index in [-0.39, 0.29) is 5.56 Å². The number of carbonyl (C=O) groups is 1. The number of benzene rings is 1. The summed E-state index contributed by atoms with van der Waals surface area (Å²) in [7, 11) is 0. The van der Waals surface area contributed by atoms with Crippen LogP contribution in [0.4, 0.5) is 0 Å². The second-order valence-electron chi connectivity index (χ2n) is 3.35. The first kappa shape index (κ1) is 10.9. The molecule has 0 unspecified atom stereocenters. The summed E-state index contributed by atoms with van der Waals surface area (Å²) in [4.78, 5) is 36.7. The molecule has 0 aliphatic heterocycles. The average Bonchev–Trinajstić information content (AvgIpc) is 2.30. The number of H-pyrrole nitrogens is 1. The second-order valence-corrected chi connectivity index (χ2v) is 3.35. The van der Waals surface area contributed by atoms with Gasteiger partial charge in [0.25, 0.3) is 11.5 Å². The first-order valence-electron chi connectivity index (χ1n) is 4.81. The Morgan fingerprint density at radius 3 is 2.41 bits per heavy atom. The number of nitrogens with one attached hydrogen (secondary N) is 1. The predicted molar refractivity (Wildman–Crippen MR) is 61.2 cm³/mol. The maximum absolute atomic E-state index is 11.9. The highest BCUT2D eigenvalue weighted by molar-refractivity contribution is 5.92. The molecule has 1 amide bonds. The summed E-state index contributed by atoms with van der Waals surface area (Å²) in [6.45, 7) is 0. The van der Waals surface area contributed by atoms with E-state index in [0.717, 1.165) is 10.8 Å². The van der Waals surface area contributed by atoms with E-state index in [2.05, 4.69) is 4.98 Å². The Hall–Kier alpha value is -2.63. The minimum absolute atomic E-state index is 0.256. The Bertz CT molecular complexity index is 670. The Morgan fingerprint density at radius 1 is 1.18 bits per heavy atom. The van der Waals surface area contributed by atoms with Crippen molar-refractivity contribution in [3.63, 3.8) is 0 Å². The molecule has 0 bridgehead atoms. The van der Waals surface area contributed by atoms with Crippen LogP contribution in [0.3, 0.4) is 0 Å². The third-order valence-corrected chi connectivity index (χ3v) is 2.26. The highest BCUT2D eigenvalue weighted by atomic mass is 16.2. The van der Waals surface area contributed by atoms with Gasteiger partial charge < -0.3 is 10.7 Å². The monoisotopic (exact) mass is 231 g/mol. The molecule has 1 heterocycles. The fourth-order valence-corrected chi connectivity index (χ4v) is 1.46. The Kier molecular flexibility index (Phi) is 2.61. The van der Waals surface area contributed by atoms with Gasteiger partial charge in [-0.2, -0.15) is 0 Å². The molecular formula is C11H9N3O3. The molecule has 0 spiro atoms. The molecule has 86 valence electrons. The maximum Gasteiger partial charge on any atom is 0.333 e. The molecule has 0 saturated carbocycles. The zero-order valence-electron chi connectivity index (χ0n) is 8.71. The van der Waals surface area contributed by atoms with Crippen molar-refractivity contribution in [3.8, 4) is 5.69 Å². The maximum atomic E-state index is 11.9. The van der Waals surface area contributed by atoms with Crippen LogP contribution < -0.4 is 17.0 Å². The molecule has 1 aromatic carbocycles. The summed E-state index contributed by atoms with van der Waals surface area (Å²) in [5, 5.41) is 0. The molecule has 0 saturated heterocycles. The molecule has 2 aromatic rings. The van der Waals surface area contributed by atoms with Gasteiger partial charge in [0, 0.05) is 6.20 Å². The minimum Gasteiger partial charge on any atom is -0.365 e. The molecule has 0 radical (unpaired) electrons. The molecule has 3 N–H and O–H groups in total. The van der Waals surface area contributed by atoms with Crippen LogP contribution in [0.1, 0.15) is 10.4 Å². The second kappa shape index (κ2) is 4.09. The third-order valence-electron chi connectivity index (χ3n) is 2.26. The number of para-hydroxylation sites is 1. The standard InChI is InChI=1S/C11H9N3O3/c12-9(15)8-6-13-11(17)14(10(8)16)7-4-2-1-3-5-7/h1-6H,(H2,12,15)(H,13,17). The van der Waals surface area contributed by atoms with Crippen molar-refractivity contribution in [2.75, 3.05) is 0 Å². The molecule has 2 rings (SSSR count). The molecule has 17 heavy (non-hydrogen) atoms. The number of hydrogen-bond donors (Lipinski definition) is 2. The predicted octanol–water partition coefficient (Wildman–Crippen LogP) is -0.375. The normalized spacial score (nSPS) is 10.1. The van der Waals surface area contributed by atoms with Crippen LogP contribution in [0.2, 0.25) is 0 Å². The van der Waals surface area contributed by atoms with E-state index < -0.39 is 17.2 Å². The van der Waals surface area contributed by atoms with Crippen molar-refractivity contribution < 1.29 is 4.79 Å². The van der Waals surface area contributed by atoms with Crippen LogP contribution in [-0.4, -0.2) is 15.5 Å². The first-order chi connectivity index (χ1) is 8.11. The highest BCUT2D eigenvalue weighted by Crippen LogP contribution is 2.00. The van der Waals surface area contributed by atoms with Gasteiger partial charge >= 0.3 is 5.69 Å². The fraction of sp³-hybridized carbons (Fsp3) is 0. The van der Waals surface area contributed by atoms with Crippen molar-refractivity contribution >= 4 is 5.91 Å². The third kappa shape index (κ3) is 1.87. The Balaban J connectivity index is 2.79. The van der Waals surface area contributed by atoms with E-state index in [0.29, 0.717) is 5.69 Å². The van der Waals surface area contributed by atoms with Gasteiger partial charge in [0.05, 0.1) is 5.69 Å². The molecule has 1 aromatic heterocycles. The largest absolute Gasteiger partial charge is 0.365 e. The number of aromatic nitrogens is 2. The average molecular weight is 231 g/mol. The van der Waals surface area contributed by atoms with Gasteiger partial charge in [0.15, 0.2) is 0 Å². The molecule has 0 aliphatic rings. The number of hydrogen-bond acceptors (Lipinski definition) is 3. The van der Waals surface area contributed by atoms with Crippen molar-refractivity contribution in [1.82, 2.24) is 9.55 Å². The minimum atomic E-state index is -0.879. The van der Waals surface area contributed by atoms with Gasteiger partial charge in [0.1, 0.15) is 5.56 Å². The molecular weight excluding hydrogens is 222 g/mol. The molecule has 0 aliphatic carbocycles. The van der Waals surface area contributed by atoms with Crippen molar-refractivity contribution in [3.05, 3.63) is 62.9 Å². The smallest absolute Gasteiger partial charge is 0.333 e. The number of rotatable bonds is 2. The zero-order valence-corrected chi connectivity index (χ0v) is 8.71. The highest BCUT2D eigenvalue weighted by Gasteiger charge is 2.12. The van der Waals surface area contributed by atoms with E-state index in [4.69, 9.17) is 5.73 Å². The van der Waals surface area contributed by atoms with Crippen LogP contribution in [0.25, 0.3) is 5.69 Å².